The highest BCUT2D eigenvalue weighted by molar-refractivity contribution is 5.76. The van der Waals surface area contributed by atoms with Gasteiger partial charge in [0.25, 0.3) is 0 Å². The molecule has 0 saturated carbocycles. The van der Waals surface area contributed by atoms with E-state index in [1.807, 2.05) is 49.4 Å². The molecule has 0 spiro atoms. The molecule has 2 aromatic rings. The SMILES string of the molecule is COc1ccc(CCC(=O)NCc2ccc(C)cc2OCC2CCOC2)cc1. The first-order valence-corrected chi connectivity index (χ1v) is 9.84. The van der Waals surface area contributed by atoms with E-state index < -0.39 is 0 Å². The molecular weight excluding hydrogens is 354 g/mol. The van der Waals surface area contributed by atoms with Gasteiger partial charge in [0.05, 0.1) is 20.3 Å². The molecule has 1 fully saturated rings. The summed E-state index contributed by atoms with van der Waals surface area (Å²) >= 11 is 0. The highest BCUT2D eigenvalue weighted by Crippen LogP contribution is 2.23. The molecule has 0 radical (unpaired) electrons. The summed E-state index contributed by atoms with van der Waals surface area (Å²) in [6.45, 7) is 4.76. The maximum absolute atomic E-state index is 12.3. The van der Waals surface area contributed by atoms with Crippen LogP contribution in [0, 0.1) is 12.8 Å². The summed E-state index contributed by atoms with van der Waals surface area (Å²) in [4.78, 5) is 12.3. The topological polar surface area (TPSA) is 56.8 Å². The number of carbonyl (C=O) groups excluding carboxylic acids is 1. The zero-order chi connectivity index (χ0) is 19.8. The van der Waals surface area contributed by atoms with E-state index in [0.29, 0.717) is 31.9 Å². The Labute approximate surface area is 167 Å². The van der Waals surface area contributed by atoms with Crippen molar-refractivity contribution in [3.05, 3.63) is 59.2 Å². The van der Waals surface area contributed by atoms with Crippen LogP contribution in [-0.2, 0) is 22.5 Å². The fourth-order valence-corrected chi connectivity index (χ4v) is 3.20. The lowest BCUT2D eigenvalue weighted by atomic mass is 10.1. The third-order valence-electron chi connectivity index (χ3n) is 5.00. The fourth-order valence-electron chi connectivity index (χ4n) is 3.20. The van der Waals surface area contributed by atoms with Gasteiger partial charge in [-0.15, -0.1) is 0 Å². The predicted octanol–water partition coefficient (Wildman–Crippen LogP) is 3.67. The van der Waals surface area contributed by atoms with E-state index in [9.17, 15) is 4.79 Å². The number of methoxy groups -OCH3 is 1. The lowest BCUT2D eigenvalue weighted by Gasteiger charge is -2.15. The van der Waals surface area contributed by atoms with Crippen LogP contribution in [0.15, 0.2) is 42.5 Å². The van der Waals surface area contributed by atoms with Gasteiger partial charge >= 0.3 is 0 Å². The number of hydrogen-bond acceptors (Lipinski definition) is 4. The van der Waals surface area contributed by atoms with Crippen molar-refractivity contribution in [1.29, 1.82) is 0 Å². The maximum Gasteiger partial charge on any atom is 0.220 e. The molecule has 0 aromatic heterocycles. The number of ether oxygens (including phenoxy) is 3. The Balaban J connectivity index is 1.49. The van der Waals surface area contributed by atoms with E-state index in [4.69, 9.17) is 14.2 Å². The Morgan fingerprint density at radius 2 is 2.04 bits per heavy atom. The first-order chi connectivity index (χ1) is 13.6. The molecule has 0 aliphatic carbocycles. The summed E-state index contributed by atoms with van der Waals surface area (Å²) < 4.78 is 16.6. The summed E-state index contributed by atoms with van der Waals surface area (Å²) in [6, 6.07) is 13.9. The van der Waals surface area contributed by atoms with Crippen molar-refractivity contribution in [1.82, 2.24) is 5.32 Å². The molecule has 2 aromatic carbocycles. The molecule has 3 rings (SSSR count). The lowest BCUT2D eigenvalue weighted by Crippen LogP contribution is -2.23. The Morgan fingerprint density at radius 1 is 1.21 bits per heavy atom. The number of rotatable bonds is 9. The smallest absolute Gasteiger partial charge is 0.220 e. The van der Waals surface area contributed by atoms with E-state index >= 15 is 0 Å². The van der Waals surface area contributed by atoms with Crippen LogP contribution in [-0.4, -0.2) is 32.8 Å². The number of nitrogens with one attached hydrogen (secondary N) is 1. The second-order valence-corrected chi connectivity index (χ2v) is 7.28. The monoisotopic (exact) mass is 383 g/mol. The first kappa shape index (κ1) is 20.2. The molecule has 5 heteroatoms. The fraction of sp³-hybridized carbons (Fsp3) is 0.435. The zero-order valence-electron chi connectivity index (χ0n) is 16.7. The number of carbonyl (C=O) groups is 1. The normalized spacial score (nSPS) is 16.0. The van der Waals surface area contributed by atoms with E-state index in [2.05, 4.69) is 5.32 Å². The first-order valence-electron chi connectivity index (χ1n) is 9.84. The van der Waals surface area contributed by atoms with Crippen LogP contribution in [0.5, 0.6) is 11.5 Å². The summed E-state index contributed by atoms with van der Waals surface area (Å²) in [5.74, 6) is 2.16. The van der Waals surface area contributed by atoms with Gasteiger partial charge in [0.15, 0.2) is 0 Å². The van der Waals surface area contributed by atoms with Gasteiger partial charge < -0.3 is 19.5 Å². The largest absolute Gasteiger partial charge is 0.497 e. The van der Waals surface area contributed by atoms with Crippen molar-refractivity contribution in [2.24, 2.45) is 5.92 Å². The van der Waals surface area contributed by atoms with Gasteiger partial charge in [0, 0.05) is 31.1 Å². The Kier molecular flexibility index (Phi) is 7.31. The third kappa shape index (κ3) is 5.99. The molecule has 1 aliphatic heterocycles. The van der Waals surface area contributed by atoms with Gasteiger partial charge in [0.2, 0.25) is 5.91 Å². The third-order valence-corrected chi connectivity index (χ3v) is 5.00. The summed E-state index contributed by atoms with van der Waals surface area (Å²) in [6.07, 6.45) is 2.20. The minimum atomic E-state index is 0.0338. The van der Waals surface area contributed by atoms with Crippen molar-refractivity contribution in [3.8, 4) is 11.5 Å². The van der Waals surface area contributed by atoms with Crippen LogP contribution in [0.2, 0.25) is 0 Å². The quantitative estimate of drug-likeness (QED) is 0.718. The van der Waals surface area contributed by atoms with Crippen molar-refractivity contribution in [2.45, 2.75) is 32.7 Å². The number of aryl methyl sites for hydroxylation is 2. The molecular formula is C23H29NO4. The second-order valence-electron chi connectivity index (χ2n) is 7.28. The summed E-state index contributed by atoms with van der Waals surface area (Å²) in [7, 11) is 1.65. The van der Waals surface area contributed by atoms with Gasteiger partial charge in [-0.2, -0.15) is 0 Å². The zero-order valence-corrected chi connectivity index (χ0v) is 16.7. The average molecular weight is 383 g/mol. The van der Waals surface area contributed by atoms with Crippen LogP contribution in [0.1, 0.15) is 29.5 Å². The standard InChI is InChI=1S/C23H29NO4/c1-17-3-7-20(22(13-17)28-16-19-11-12-27-15-19)14-24-23(25)10-6-18-4-8-21(26-2)9-5-18/h3-5,7-9,13,19H,6,10-12,14-16H2,1-2H3,(H,24,25). The second kappa shape index (κ2) is 10.1. The van der Waals surface area contributed by atoms with Gasteiger partial charge in [-0.1, -0.05) is 24.3 Å². The molecule has 1 N–H and O–H groups in total. The van der Waals surface area contributed by atoms with Crippen LogP contribution in [0.25, 0.3) is 0 Å². The predicted molar refractivity (Wildman–Crippen MR) is 109 cm³/mol. The maximum atomic E-state index is 12.3. The van der Waals surface area contributed by atoms with E-state index in [1.165, 1.54) is 0 Å². The molecule has 1 saturated heterocycles. The Bertz CT molecular complexity index is 767. The minimum Gasteiger partial charge on any atom is -0.497 e. The molecule has 28 heavy (non-hydrogen) atoms. The molecule has 5 nitrogen and oxygen atoms in total. The highest BCUT2D eigenvalue weighted by atomic mass is 16.5. The number of hydrogen-bond donors (Lipinski definition) is 1. The Hall–Kier alpha value is -2.53. The van der Waals surface area contributed by atoms with Crippen LogP contribution in [0.4, 0.5) is 0 Å². The molecule has 150 valence electrons. The lowest BCUT2D eigenvalue weighted by molar-refractivity contribution is -0.121. The minimum absolute atomic E-state index is 0.0338. The van der Waals surface area contributed by atoms with Crippen molar-refractivity contribution in [2.75, 3.05) is 26.9 Å². The van der Waals surface area contributed by atoms with Gasteiger partial charge in [-0.05, 0) is 49.1 Å². The summed E-state index contributed by atoms with van der Waals surface area (Å²) in [5, 5.41) is 3.01. The van der Waals surface area contributed by atoms with Gasteiger partial charge in [-0.3, -0.25) is 4.79 Å². The van der Waals surface area contributed by atoms with Crippen LogP contribution in [0.3, 0.4) is 0 Å². The van der Waals surface area contributed by atoms with Crippen molar-refractivity contribution in [3.63, 3.8) is 0 Å². The van der Waals surface area contributed by atoms with Crippen LogP contribution >= 0.6 is 0 Å². The molecule has 1 heterocycles. The highest BCUT2D eigenvalue weighted by Gasteiger charge is 2.17. The van der Waals surface area contributed by atoms with Gasteiger partial charge in [-0.25, -0.2) is 0 Å². The van der Waals surface area contributed by atoms with Gasteiger partial charge in [0.1, 0.15) is 11.5 Å². The van der Waals surface area contributed by atoms with E-state index in [-0.39, 0.29) is 5.91 Å². The molecule has 1 amide bonds. The van der Waals surface area contributed by atoms with Crippen molar-refractivity contribution >= 4 is 5.91 Å². The number of amides is 1. The molecule has 1 aliphatic rings. The summed E-state index contributed by atoms with van der Waals surface area (Å²) in [5.41, 5.74) is 3.27. The number of benzene rings is 2. The molecule has 0 bridgehead atoms. The Morgan fingerprint density at radius 3 is 2.75 bits per heavy atom. The molecule has 1 atom stereocenters. The van der Waals surface area contributed by atoms with Crippen LogP contribution < -0.4 is 14.8 Å². The average Bonchev–Trinajstić information content (AvgIpc) is 3.24. The van der Waals surface area contributed by atoms with E-state index in [0.717, 1.165) is 47.8 Å². The van der Waals surface area contributed by atoms with Crippen molar-refractivity contribution < 1.29 is 19.0 Å². The molecule has 1 unspecified atom stereocenters. The van der Waals surface area contributed by atoms with E-state index in [1.54, 1.807) is 7.11 Å².